The summed E-state index contributed by atoms with van der Waals surface area (Å²) >= 11 is 0. The second-order valence-electron chi connectivity index (χ2n) is 8.76. The first kappa shape index (κ1) is 26.0. The van der Waals surface area contributed by atoms with E-state index in [2.05, 4.69) is 4.74 Å². The highest BCUT2D eigenvalue weighted by molar-refractivity contribution is 5.75. The molecule has 12 heteroatoms. The van der Waals surface area contributed by atoms with E-state index in [9.17, 15) is 36.6 Å². The van der Waals surface area contributed by atoms with Crippen molar-refractivity contribution in [3.63, 3.8) is 0 Å². The number of amides is 1. The van der Waals surface area contributed by atoms with Crippen LogP contribution >= 0.6 is 0 Å². The number of carboxylic acid groups (broad SMARTS) is 1. The van der Waals surface area contributed by atoms with E-state index in [1.165, 1.54) is 6.07 Å². The molecule has 1 amide bonds. The lowest BCUT2D eigenvalue weighted by Crippen LogP contribution is -2.49. The van der Waals surface area contributed by atoms with Gasteiger partial charge in [0.05, 0.1) is 0 Å². The molecule has 3 rings (SSSR count). The van der Waals surface area contributed by atoms with E-state index in [4.69, 9.17) is 4.74 Å². The molecule has 7 nitrogen and oxygen atoms in total. The Labute approximate surface area is 193 Å². The molecule has 1 aromatic rings. The molecule has 190 valence electrons. The van der Waals surface area contributed by atoms with Crippen LogP contribution in [-0.2, 0) is 16.1 Å². The Kier molecular flexibility index (Phi) is 7.89. The minimum Gasteiger partial charge on any atom is -0.489 e. The second kappa shape index (κ2) is 10.3. The number of piperazine rings is 1. The maximum Gasteiger partial charge on any atom is 0.425 e. The van der Waals surface area contributed by atoms with Crippen molar-refractivity contribution < 1.29 is 46.1 Å². The van der Waals surface area contributed by atoms with Gasteiger partial charge in [-0.3, -0.25) is 9.69 Å². The van der Waals surface area contributed by atoms with Crippen molar-refractivity contribution in [2.75, 3.05) is 32.8 Å². The minimum atomic E-state index is -4.65. The third-order valence-corrected chi connectivity index (χ3v) is 6.40. The fourth-order valence-electron chi connectivity index (χ4n) is 4.16. The van der Waals surface area contributed by atoms with E-state index in [-0.39, 0.29) is 45.1 Å². The van der Waals surface area contributed by atoms with Crippen molar-refractivity contribution in [3.8, 4) is 5.75 Å². The predicted molar refractivity (Wildman–Crippen MR) is 109 cm³/mol. The number of rotatable bonds is 7. The first-order valence-electron chi connectivity index (χ1n) is 11.0. The van der Waals surface area contributed by atoms with Crippen molar-refractivity contribution in [1.29, 1.82) is 0 Å². The van der Waals surface area contributed by atoms with Gasteiger partial charge in [0.1, 0.15) is 12.0 Å². The monoisotopic (exact) mass is 494 g/mol. The number of carbonyl (C=O) groups excluding carboxylic acids is 1. The highest BCUT2D eigenvalue weighted by Gasteiger charge is 2.43. The molecule has 0 spiro atoms. The highest BCUT2D eigenvalue weighted by Crippen LogP contribution is 2.40. The quantitative estimate of drug-likeness (QED) is 0.573. The summed E-state index contributed by atoms with van der Waals surface area (Å²) in [7, 11) is 0. The summed E-state index contributed by atoms with van der Waals surface area (Å²) in [5.74, 6) is -3.72. The van der Waals surface area contributed by atoms with Gasteiger partial charge in [-0.05, 0) is 25.8 Å². The summed E-state index contributed by atoms with van der Waals surface area (Å²) in [5.41, 5.74) is -0.839. The first-order valence-corrected chi connectivity index (χ1v) is 11.0. The Morgan fingerprint density at radius 1 is 1.12 bits per heavy atom. The van der Waals surface area contributed by atoms with Gasteiger partial charge in [-0.25, -0.2) is 9.18 Å². The van der Waals surface area contributed by atoms with Crippen LogP contribution in [0.5, 0.6) is 5.75 Å². The van der Waals surface area contributed by atoms with Gasteiger partial charge in [-0.2, -0.15) is 17.6 Å². The van der Waals surface area contributed by atoms with Crippen LogP contribution in [0.3, 0.4) is 0 Å². The average molecular weight is 494 g/mol. The van der Waals surface area contributed by atoms with Crippen molar-refractivity contribution in [1.82, 2.24) is 9.80 Å². The molecule has 1 saturated heterocycles. The van der Waals surface area contributed by atoms with Gasteiger partial charge in [0.25, 0.3) is 0 Å². The molecule has 1 aromatic carbocycles. The molecule has 0 radical (unpaired) electrons. The molecule has 1 unspecified atom stereocenters. The van der Waals surface area contributed by atoms with E-state index in [1.54, 1.807) is 4.90 Å². The van der Waals surface area contributed by atoms with Crippen LogP contribution in [0.1, 0.15) is 38.2 Å². The average Bonchev–Trinajstić information content (AvgIpc) is 3.26. The fourth-order valence-corrected chi connectivity index (χ4v) is 4.16. The van der Waals surface area contributed by atoms with Crippen LogP contribution in [0.2, 0.25) is 0 Å². The zero-order valence-electron chi connectivity index (χ0n) is 18.7. The van der Waals surface area contributed by atoms with Gasteiger partial charge in [0.2, 0.25) is 5.82 Å². The predicted octanol–water partition coefficient (Wildman–Crippen LogP) is 4.19. The van der Waals surface area contributed by atoms with Crippen LogP contribution in [-0.4, -0.2) is 72.0 Å². The molecular formula is C22H27F5N2O5. The largest absolute Gasteiger partial charge is 0.489 e. The second-order valence-corrected chi connectivity index (χ2v) is 8.76. The molecule has 1 saturated carbocycles. The van der Waals surface area contributed by atoms with Crippen LogP contribution < -0.4 is 4.74 Å². The molecule has 1 atom stereocenters. The number of alkyl halides is 3. The minimum absolute atomic E-state index is 0.0887. The molecule has 1 aliphatic carbocycles. The maximum atomic E-state index is 14.6. The molecular weight excluding hydrogens is 467 g/mol. The summed E-state index contributed by atoms with van der Waals surface area (Å²) in [4.78, 5) is 26.7. The fraction of sp³-hybridized carbons (Fsp3) is 0.636. The summed E-state index contributed by atoms with van der Waals surface area (Å²) in [6, 6.07) is 2.30. The number of carboxylic acids is 1. The van der Waals surface area contributed by atoms with Crippen molar-refractivity contribution in [2.24, 2.45) is 5.41 Å². The lowest BCUT2D eigenvalue weighted by molar-refractivity contribution is -0.200. The first-order chi connectivity index (χ1) is 15.9. The van der Waals surface area contributed by atoms with Gasteiger partial charge in [0, 0.05) is 38.3 Å². The summed E-state index contributed by atoms with van der Waals surface area (Å²) in [5, 5.41) is 9.60. The summed E-state index contributed by atoms with van der Waals surface area (Å²) in [6.45, 7) is 1.27. The van der Waals surface area contributed by atoms with E-state index >= 15 is 0 Å². The number of carbonyl (C=O) groups is 2. The van der Waals surface area contributed by atoms with Gasteiger partial charge >= 0.3 is 18.2 Å². The van der Waals surface area contributed by atoms with Gasteiger partial charge < -0.3 is 19.5 Å². The Morgan fingerprint density at radius 2 is 1.74 bits per heavy atom. The van der Waals surface area contributed by atoms with E-state index in [0.717, 1.165) is 17.9 Å². The molecule has 1 N–H and O–H groups in total. The van der Waals surface area contributed by atoms with E-state index in [1.807, 2.05) is 0 Å². The van der Waals surface area contributed by atoms with Crippen molar-refractivity contribution in [2.45, 2.75) is 51.4 Å². The van der Waals surface area contributed by atoms with Gasteiger partial charge in [-0.1, -0.05) is 18.9 Å². The number of benzene rings is 1. The van der Waals surface area contributed by atoms with Crippen LogP contribution in [0.25, 0.3) is 0 Å². The van der Waals surface area contributed by atoms with Gasteiger partial charge in [0.15, 0.2) is 17.7 Å². The Bertz CT molecular complexity index is 896. The molecule has 1 heterocycles. The number of halogens is 5. The van der Waals surface area contributed by atoms with Crippen LogP contribution in [0.15, 0.2) is 12.1 Å². The maximum absolute atomic E-state index is 14.6. The van der Waals surface area contributed by atoms with Gasteiger partial charge in [-0.15, -0.1) is 0 Å². The number of ether oxygens (including phenoxy) is 2. The zero-order valence-corrected chi connectivity index (χ0v) is 18.7. The smallest absolute Gasteiger partial charge is 0.425 e. The zero-order chi connectivity index (χ0) is 25.1. The number of aliphatic carboxylic acids is 1. The Balaban J connectivity index is 1.63. The Hall–Kier alpha value is -2.63. The standard InChI is InChI=1S/C22H27F5N2O5/c1-14(22(25,26)27)34-20(32)29-10-8-28(9-11-29)12-15-4-5-16(23)17(24)18(15)33-13-21(19(30)31)6-2-3-7-21/h4-5,14H,2-3,6-13H2,1H3,(H,30,31). The normalized spacial score (nSPS) is 19.6. The molecule has 2 fully saturated rings. The number of hydrogen-bond acceptors (Lipinski definition) is 5. The topological polar surface area (TPSA) is 79.3 Å². The van der Waals surface area contributed by atoms with Crippen molar-refractivity contribution in [3.05, 3.63) is 29.3 Å². The lowest BCUT2D eigenvalue weighted by atomic mass is 9.87. The molecule has 2 aliphatic rings. The van der Waals surface area contributed by atoms with Crippen LogP contribution in [0.4, 0.5) is 26.7 Å². The molecule has 0 bridgehead atoms. The number of nitrogens with zero attached hydrogens (tertiary/aromatic N) is 2. The lowest BCUT2D eigenvalue weighted by Gasteiger charge is -2.35. The van der Waals surface area contributed by atoms with Crippen LogP contribution in [0, 0.1) is 17.0 Å². The molecule has 1 aliphatic heterocycles. The highest BCUT2D eigenvalue weighted by atomic mass is 19.4. The SMILES string of the molecule is CC(OC(=O)N1CCN(Cc2ccc(F)c(F)c2OCC2(C(=O)O)CCCC2)CC1)C(F)(F)F. The van der Waals surface area contributed by atoms with E-state index < -0.39 is 41.4 Å². The molecule has 0 aromatic heterocycles. The number of hydrogen-bond donors (Lipinski definition) is 1. The Morgan fingerprint density at radius 3 is 2.29 bits per heavy atom. The third kappa shape index (κ3) is 5.89. The summed E-state index contributed by atoms with van der Waals surface area (Å²) in [6.07, 6.45) is -5.76. The summed E-state index contributed by atoms with van der Waals surface area (Å²) < 4.78 is 76.3. The third-order valence-electron chi connectivity index (χ3n) is 6.40. The van der Waals surface area contributed by atoms with Crippen molar-refractivity contribution >= 4 is 12.1 Å². The van der Waals surface area contributed by atoms with E-state index in [0.29, 0.717) is 31.2 Å². The molecule has 34 heavy (non-hydrogen) atoms.